The molecule has 0 aromatic rings. The largest absolute Gasteiger partial charge is 0.500 e. The van der Waals surface area contributed by atoms with Crippen molar-refractivity contribution < 1.29 is 13.3 Å². The Balaban J connectivity index is 4.79. The van der Waals surface area contributed by atoms with E-state index < -0.39 is 16.9 Å². The molecule has 18 heavy (non-hydrogen) atoms. The highest BCUT2D eigenvalue weighted by molar-refractivity contribution is 6.78. The Morgan fingerprint density at radius 3 is 1.89 bits per heavy atom. The maximum Gasteiger partial charge on any atom is 0.500 e. The minimum absolute atomic E-state index is 0.236. The molecule has 0 saturated carbocycles. The lowest BCUT2D eigenvalue weighted by Crippen LogP contribution is -2.53. The van der Waals surface area contributed by atoms with Crippen molar-refractivity contribution in [3.05, 3.63) is 0 Å². The summed E-state index contributed by atoms with van der Waals surface area (Å²) in [5.74, 6) is 0. The van der Waals surface area contributed by atoms with Crippen molar-refractivity contribution >= 4 is 16.9 Å². The Morgan fingerprint density at radius 2 is 1.56 bits per heavy atom. The van der Waals surface area contributed by atoms with Gasteiger partial charge in [-0.3, -0.25) is 0 Å². The van der Waals surface area contributed by atoms with Crippen LogP contribution in [-0.2, 0) is 13.3 Å². The molecule has 0 amide bonds. The van der Waals surface area contributed by atoms with Crippen LogP contribution in [0.2, 0.25) is 25.7 Å². The molecule has 0 aliphatic heterocycles. The van der Waals surface area contributed by atoms with Gasteiger partial charge in [-0.1, -0.05) is 19.6 Å². The van der Waals surface area contributed by atoms with Crippen LogP contribution in [0.25, 0.3) is 0 Å². The number of hydrogen-bond acceptors (Lipinski definition) is 4. The van der Waals surface area contributed by atoms with Gasteiger partial charge < -0.3 is 19.0 Å². The van der Waals surface area contributed by atoms with Gasteiger partial charge in [0, 0.05) is 25.0 Å². The summed E-state index contributed by atoms with van der Waals surface area (Å²) in [5, 5.41) is 0. The van der Waals surface area contributed by atoms with Crippen molar-refractivity contribution in [1.29, 1.82) is 0 Å². The lowest BCUT2D eigenvalue weighted by Gasteiger charge is -2.36. The van der Waals surface area contributed by atoms with Crippen LogP contribution in [0.4, 0.5) is 0 Å². The van der Waals surface area contributed by atoms with Crippen LogP contribution in [-0.4, -0.2) is 42.4 Å². The molecule has 6 heteroatoms. The monoisotopic (exact) mass is 293 g/mol. The normalized spacial score (nSPS) is 14.8. The topological polar surface area (TPSA) is 53.7 Å². The maximum atomic E-state index is 6.29. The third-order valence-electron chi connectivity index (χ3n) is 2.99. The predicted octanol–water partition coefficient (Wildman–Crippen LogP) is 2.63. The summed E-state index contributed by atoms with van der Waals surface area (Å²) < 4.78 is 18.1. The average molecular weight is 294 g/mol. The number of nitrogens with two attached hydrogens (primary N) is 1. The van der Waals surface area contributed by atoms with Gasteiger partial charge in [-0.25, -0.2) is 0 Å². The zero-order chi connectivity index (χ0) is 14.2. The second kappa shape index (κ2) is 8.45. The van der Waals surface area contributed by atoms with Gasteiger partial charge in [0.1, 0.15) is 0 Å². The van der Waals surface area contributed by atoms with Gasteiger partial charge in [-0.2, -0.15) is 0 Å². The number of rotatable bonds is 10. The van der Waals surface area contributed by atoms with Gasteiger partial charge in [-0.05, 0) is 33.7 Å². The lowest BCUT2D eigenvalue weighted by atomic mass is 10.5. The quantitative estimate of drug-likeness (QED) is 0.629. The van der Waals surface area contributed by atoms with Crippen LogP contribution in [0.3, 0.4) is 0 Å². The standard InChI is InChI=1S/C12H31NO3Si2/c1-7-14-18(15-8-2,11-9-10-13)16-12(3)17(4,5)6/h12H,7-11,13H2,1-6H3. The molecule has 0 fully saturated rings. The third kappa shape index (κ3) is 6.44. The van der Waals surface area contributed by atoms with Crippen molar-refractivity contribution in [3.8, 4) is 0 Å². The van der Waals surface area contributed by atoms with E-state index in [1.807, 2.05) is 13.8 Å². The fourth-order valence-electron chi connectivity index (χ4n) is 1.52. The molecular weight excluding hydrogens is 262 g/mol. The molecular formula is C12H31NO3Si2. The number of hydrogen-bond donors (Lipinski definition) is 1. The summed E-state index contributed by atoms with van der Waals surface area (Å²) >= 11 is 0. The highest BCUT2D eigenvalue weighted by Crippen LogP contribution is 2.23. The van der Waals surface area contributed by atoms with Crippen molar-refractivity contribution in [2.45, 2.75) is 58.6 Å². The maximum absolute atomic E-state index is 6.29. The predicted molar refractivity (Wildman–Crippen MR) is 81.4 cm³/mol. The Labute approximate surface area is 115 Å². The van der Waals surface area contributed by atoms with E-state index in [1.165, 1.54) is 0 Å². The zero-order valence-electron chi connectivity index (χ0n) is 12.9. The molecule has 1 unspecified atom stereocenters. The summed E-state index contributed by atoms with van der Waals surface area (Å²) in [6.45, 7) is 15.0. The molecule has 4 nitrogen and oxygen atoms in total. The molecule has 0 saturated heterocycles. The second-order valence-corrected chi connectivity index (χ2v) is 13.8. The van der Waals surface area contributed by atoms with Crippen LogP contribution in [0, 0.1) is 0 Å². The van der Waals surface area contributed by atoms with Gasteiger partial charge in [0.25, 0.3) is 0 Å². The van der Waals surface area contributed by atoms with E-state index >= 15 is 0 Å². The van der Waals surface area contributed by atoms with Gasteiger partial charge in [-0.15, -0.1) is 0 Å². The Hall–Kier alpha value is 0.274. The van der Waals surface area contributed by atoms with Crippen molar-refractivity contribution in [2.24, 2.45) is 5.73 Å². The summed E-state index contributed by atoms with van der Waals surface area (Å²) in [5.41, 5.74) is 5.85. The first-order valence-electron chi connectivity index (χ1n) is 6.97. The molecule has 0 heterocycles. The van der Waals surface area contributed by atoms with E-state index in [1.54, 1.807) is 0 Å². The molecule has 1 atom stereocenters. The van der Waals surface area contributed by atoms with Crippen molar-refractivity contribution in [3.63, 3.8) is 0 Å². The molecule has 0 aromatic heterocycles. The zero-order valence-corrected chi connectivity index (χ0v) is 14.9. The van der Waals surface area contributed by atoms with Crippen LogP contribution in [0.5, 0.6) is 0 Å². The minimum Gasteiger partial charge on any atom is -0.374 e. The molecule has 110 valence electrons. The Morgan fingerprint density at radius 1 is 1.06 bits per heavy atom. The summed E-state index contributed by atoms with van der Waals surface area (Å²) in [6.07, 6.45) is 0.893. The second-order valence-electron chi connectivity index (χ2n) is 5.57. The van der Waals surface area contributed by atoms with Gasteiger partial charge in [0.05, 0.1) is 8.07 Å². The fourth-order valence-corrected chi connectivity index (χ4v) is 6.15. The van der Waals surface area contributed by atoms with E-state index in [0.717, 1.165) is 12.5 Å². The Kier molecular flexibility index (Phi) is 8.57. The molecule has 2 N–H and O–H groups in total. The van der Waals surface area contributed by atoms with Gasteiger partial charge in [0.2, 0.25) is 0 Å². The molecule has 0 spiro atoms. The first-order valence-corrected chi connectivity index (χ1v) is 12.5. The van der Waals surface area contributed by atoms with Gasteiger partial charge in [0.15, 0.2) is 0 Å². The minimum atomic E-state index is -2.53. The summed E-state index contributed by atoms with van der Waals surface area (Å²) in [7, 11) is -3.88. The molecule has 0 bridgehead atoms. The van der Waals surface area contributed by atoms with E-state index in [0.29, 0.717) is 19.8 Å². The Bertz CT molecular complexity index is 216. The van der Waals surface area contributed by atoms with E-state index in [-0.39, 0.29) is 5.73 Å². The molecule has 0 aromatic carbocycles. The fraction of sp³-hybridized carbons (Fsp3) is 1.00. The molecule has 0 aliphatic rings. The van der Waals surface area contributed by atoms with Crippen LogP contribution >= 0.6 is 0 Å². The van der Waals surface area contributed by atoms with Crippen LogP contribution in [0.15, 0.2) is 0 Å². The third-order valence-corrected chi connectivity index (χ3v) is 8.92. The lowest BCUT2D eigenvalue weighted by molar-refractivity contribution is 0.0576. The SMILES string of the molecule is CCO[Si](CCCN)(OCC)OC(C)[Si](C)(C)C. The summed E-state index contributed by atoms with van der Waals surface area (Å²) in [4.78, 5) is 0. The summed E-state index contributed by atoms with van der Waals surface area (Å²) in [6, 6.07) is 0.819. The van der Waals surface area contributed by atoms with Gasteiger partial charge >= 0.3 is 8.80 Å². The van der Waals surface area contributed by atoms with E-state index in [2.05, 4.69) is 26.6 Å². The average Bonchev–Trinajstić information content (AvgIpc) is 2.26. The van der Waals surface area contributed by atoms with Crippen molar-refractivity contribution in [1.82, 2.24) is 0 Å². The smallest absolute Gasteiger partial charge is 0.374 e. The molecule has 0 radical (unpaired) electrons. The highest BCUT2D eigenvalue weighted by Gasteiger charge is 2.43. The van der Waals surface area contributed by atoms with E-state index in [4.69, 9.17) is 19.0 Å². The molecule has 0 rings (SSSR count). The highest BCUT2D eigenvalue weighted by atomic mass is 28.4. The van der Waals surface area contributed by atoms with E-state index in [9.17, 15) is 0 Å². The van der Waals surface area contributed by atoms with Crippen LogP contribution < -0.4 is 5.73 Å². The first kappa shape index (κ1) is 18.3. The van der Waals surface area contributed by atoms with Crippen LogP contribution in [0.1, 0.15) is 27.2 Å². The molecule has 0 aliphatic carbocycles. The first-order chi connectivity index (χ1) is 8.31. The van der Waals surface area contributed by atoms with Crippen molar-refractivity contribution in [2.75, 3.05) is 19.8 Å².